The molecule has 0 saturated heterocycles. The molecule has 0 unspecified atom stereocenters. The molecule has 8 nitrogen and oxygen atoms in total. The summed E-state index contributed by atoms with van der Waals surface area (Å²) in [6.45, 7) is 17.1. The molecule has 0 aromatic heterocycles. The summed E-state index contributed by atoms with van der Waals surface area (Å²) in [5.74, 6) is 0.676. The standard InChI is InChI=1S/C31H35FO4.C30H33FO4/c1-7-8-23(18-30(33)35-6)22-10-12-24(13-11-22)36-20-21-9-15-28(31(2,3)4)26(17-21)27-19-25(34-5)14-16-29(27)32;1-6-7-22(17-29(32)33)21-9-11-23(12-10-21)35-19-20-8-14-27(30(2,3)4)25(16-20)26-18-24(34-5)13-15-28(26)31/h7-17,19,23H,18,20H2,1-6H3;6-16,18,22H,17,19H2,1-5H3,(H,32,33)/b8-7-;7-6-/t23-;22-/m00/s1. The van der Waals surface area contributed by atoms with E-state index in [0.29, 0.717) is 47.3 Å². The summed E-state index contributed by atoms with van der Waals surface area (Å²) < 4.78 is 57.3. The first-order valence-electron chi connectivity index (χ1n) is 23.7. The monoisotopic (exact) mass is 966 g/mol. The van der Waals surface area contributed by atoms with Gasteiger partial charge in [-0.3, -0.25) is 9.59 Å². The minimum Gasteiger partial charge on any atom is -0.497 e. The van der Waals surface area contributed by atoms with Gasteiger partial charge in [0.15, 0.2) is 0 Å². The van der Waals surface area contributed by atoms with Crippen LogP contribution in [0.25, 0.3) is 22.3 Å². The summed E-state index contributed by atoms with van der Waals surface area (Å²) in [7, 11) is 4.54. The van der Waals surface area contributed by atoms with Crippen LogP contribution in [0.1, 0.15) is 113 Å². The Balaban J connectivity index is 0.000000264. The second-order valence-corrected chi connectivity index (χ2v) is 19.3. The normalized spacial score (nSPS) is 12.5. The Bertz CT molecular complexity index is 2780. The Morgan fingerprint density at radius 3 is 1.24 bits per heavy atom. The largest absolute Gasteiger partial charge is 0.497 e. The van der Waals surface area contributed by atoms with E-state index in [1.807, 2.05) is 123 Å². The van der Waals surface area contributed by atoms with Crippen molar-refractivity contribution in [3.05, 3.63) is 191 Å². The first-order valence-corrected chi connectivity index (χ1v) is 23.7. The maximum Gasteiger partial charge on any atom is 0.306 e. The predicted molar refractivity (Wildman–Crippen MR) is 280 cm³/mol. The van der Waals surface area contributed by atoms with Crippen LogP contribution in [0.4, 0.5) is 8.78 Å². The number of carbonyl (C=O) groups excluding carboxylic acids is 1. The van der Waals surface area contributed by atoms with Gasteiger partial charge in [0.25, 0.3) is 0 Å². The number of aliphatic carboxylic acids is 1. The maximum absolute atomic E-state index is 14.9. The molecule has 374 valence electrons. The van der Waals surface area contributed by atoms with Crippen molar-refractivity contribution < 1.29 is 47.2 Å². The van der Waals surface area contributed by atoms with E-state index in [-0.39, 0.29) is 53.1 Å². The molecule has 0 aliphatic heterocycles. The first-order chi connectivity index (χ1) is 33.8. The summed E-state index contributed by atoms with van der Waals surface area (Å²) in [5, 5.41) is 9.17. The molecule has 6 aromatic carbocycles. The van der Waals surface area contributed by atoms with Crippen molar-refractivity contribution in [1.82, 2.24) is 0 Å². The Kier molecular flexibility index (Phi) is 19.3. The van der Waals surface area contributed by atoms with E-state index in [1.165, 1.54) is 19.2 Å². The molecule has 0 fully saturated rings. The van der Waals surface area contributed by atoms with Crippen molar-refractivity contribution >= 4 is 11.9 Å². The van der Waals surface area contributed by atoms with Crippen LogP contribution in [0, 0.1) is 11.6 Å². The van der Waals surface area contributed by atoms with Gasteiger partial charge in [-0.25, -0.2) is 8.78 Å². The molecule has 0 amide bonds. The number of halogens is 2. The van der Waals surface area contributed by atoms with Crippen molar-refractivity contribution in [2.75, 3.05) is 21.3 Å². The molecular weight excluding hydrogens is 899 g/mol. The molecule has 0 aliphatic carbocycles. The Hall–Kier alpha value is -7.20. The van der Waals surface area contributed by atoms with E-state index in [1.54, 1.807) is 38.5 Å². The van der Waals surface area contributed by atoms with Gasteiger partial charge in [0.2, 0.25) is 0 Å². The van der Waals surface area contributed by atoms with Gasteiger partial charge in [-0.15, -0.1) is 0 Å². The van der Waals surface area contributed by atoms with Gasteiger partial charge in [-0.1, -0.05) is 114 Å². The van der Waals surface area contributed by atoms with E-state index < -0.39 is 5.97 Å². The van der Waals surface area contributed by atoms with Crippen LogP contribution in [0.3, 0.4) is 0 Å². The van der Waals surface area contributed by atoms with Crippen LogP contribution < -0.4 is 18.9 Å². The zero-order valence-corrected chi connectivity index (χ0v) is 42.9. The number of benzene rings is 6. The summed E-state index contributed by atoms with van der Waals surface area (Å²) in [4.78, 5) is 22.9. The lowest BCUT2D eigenvalue weighted by atomic mass is 9.81. The van der Waals surface area contributed by atoms with Gasteiger partial charge in [-0.2, -0.15) is 0 Å². The van der Waals surface area contributed by atoms with Gasteiger partial charge >= 0.3 is 11.9 Å². The number of hydrogen-bond donors (Lipinski definition) is 1. The van der Waals surface area contributed by atoms with Gasteiger partial charge in [0.1, 0.15) is 47.8 Å². The highest BCUT2D eigenvalue weighted by molar-refractivity contribution is 5.73. The van der Waals surface area contributed by atoms with Crippen LogP contribution in [0.5, 0.6) is 23.0 Å². The number of carboxylic acid groups (broad SMARTS) is 1. The van der Waals surface area contributed by atoms with Gasteiger partial charge in [0, 0.05) is 23.0 Å². The zero-order valence-electron chi connectivity index (χ0n) is 42.9. The molecule has 0 aliphatic rings. The molecular formula is C61H68F2O8. The molecule has 10 heteroatoms. The number of allylic oxidation sites excluding steroid dienone is 4. The molecule has 0 saturated carbocycles. The molecule has 0 heterocycles. The number of hydrogen-bond acceptors (Lipinski definition) is 7. The fourth-order valence-corrected chi connectivity index (χ4v) is 8.26. The number of methoxy groups -OCH3 is 3. The summed E-state index contributed by atoms with van der Waals surface area (Å²) in [6.07, 6.45) is 7.99. The molecule has 71 heavy (non-hydrogen) atoms. The molecule has 6 rings (SSSR count). The van der Waals surface area contributed by atoms with E-state index in [4.69, 9.17) is 28.8 Å². The van der Waals surface area contributed by atoms with Crippen LogP contribution in [-0.4, -0.2) is 38.4 Å². The predicted octanol–water partition coefficient (Wildman–Crippen LogP) is 15.1. The number of carbonyl (C=O) groups is 2. The number of rotatable bonds is 18. The first kappa shape index (κ1) is 54.7. The van der Waals surface area contributed by atoms with Crippen LogP contribution in [0.2, 0.25) is 0 Å². The SMILES string of the molecule is C/C=C\[C@@H](CC(=O)O)c1ccc(OCc2ccc(C(C)(C)C)c(-c3cc(OC)ccc3F)c2)cc1.C/C=C\[C@@H](CC(=O)OC)c1ccc(OCc2ccc(C(C)(C)C)c(-c3cc(OC)ccc3F)c2)cc1. The Labute approximate surface area is 418 Å². The summed E-state index contributed by atoms with van der Waals surface area (Å²) >= 11 is 0. The third-order valence-corrected chi connectivity index (χ3v) is 12.0. The lowest BCUT2D eigenvalue weighted by molar-refractivity contribution is -0.141. The van der Waals surface area contributed by atoms with E-state index >= 15 is 0 Å². The fraction of sp³-hybridized carbons (Fsp3) is 0.311. The van der Waals surface area contributed by atoms with Gasteiger partial charge in [-0.05, 0) is 142 Å². The summed E-state index contributed by atoms with van der Waals surface area (Å²) in [5.41, 5.74) is 8.14. The Morgan fingerprint density at radius 1 is 0.521 bits per heavy atom. The number of esters is 1. The average molecular weight is 967 g/mol. The van der Waals surface area contributed by atoms with Crippen molar-refractivity contribution in [2.45, 2.75) is 104 Å². The molecule has 2 atom stereocenters. The second-order valence-electron chi connectivity index (χ2n) is 19.3. The lowest BCUT2D eigenvalue weighted by Gasteiger charge is -2.24. The van der Waals surface area contributed by atoms with Gasteiger partial charge in [0.05, 0.1) is 34.2 Å². The number of carboxylic acids is 1. The van der Waals surface area contributed by atoms with Gasteiger partial charge < -0.3 is 28.8 Å². The quantitative estimate of drug-likeness (QED) is 0.0671. The molecule has 0 bridgehead atoms. The highest BCUT2D eigenvalue weighted by Crippen LogP contribution is 2.39. The number of ether oxygens (including phenoxy) is 5. The van der Waals surface area contributed by atoms with Crippen molar-refractivity contribution in [2.24, 2.45) is 0 Å². The minimum atomic E-state index is -0.838. The Morgan fingerprint density at radius 2 is 0.901 bits per heavy atom. The zero-order chi connectivity index (χ0) is 51.9. The highest BCUT2D eigenvalue weighted by Gasteiger charge is 2.24. The smallest absolute Gasteiger partial charge is 0.306 e. The molecule has 6 aromatic rings. The second kappa shape index (κ2) is 25.1. The molecule has 1 N–H and O–H groups in total. The third kappa shape index (κ3) is 15.4. The topological polar surface area (TPSA) is 101 Å². The average Bonchev–Trinajstić information content (AvgIpc) is 3.34. The minimum absolute atomic E-state index is 0.0360. The van der Waals surface area contributed by atoms with Crippen LogP contribution in [-0.2, 0) is 38.4 Å². The van der Waals surface area contributed by atoms with E-state index in [2.05, 4.69) is 41.5 Å². The van der Waals surface area contributed by atoms with Crippen LogP contribution in [0.15, 0.2) is 146 Å². The van der Waals surface area contributed by atoms with Crippen molar-refractivity contribution in [3.63, 3.8) is 0 Å². The maximum atomic E-state index is 14.9. The fourth-order valence-electron chi connectivity index (χ4n) is 8.26. The van der Waals surface area contributed by atoms with Crippen molar-refractivity contribution in [1.29, 1.82) is 0 Å². The van der Waals surface area contributed by atoms with E-state index in [0.717, 1.165) is 44.5 Å². The summed E-state index contributed by atoms with van der Waals surface area (Å²) in [6, 6.07) is 36.8. The molecule has 0 spiro atoms. The van der Waals surface area contributed by atoms with E-state index in [9.17, 15) is 18.4 Å². The van der Waals surface area contributed by atoms with Crippen LogP contribution >= 0.6 is 0 Å². The highest BCUT2D eigenvalue weighted by atomic mass is 19.1. The lowest BCUT2D eigenvalue weighted by Crippen LogP contribution is -2.13. The third-order valence-electron chi connectivity index (χ3n) is 12.0. The van der Waals surface area contributed by atoms with Crippen molar-refractivity contribution in [3.8, 4) is 45.3 Å². The molecule has 0 radical (unpaired) electrons.